The molecular weight excluding hydrogens is 168 g/mol. The summed E-state index contributed by atoms with van der Waals surface area (Å²) < 4.78 is 5.14. The van der Waals surface area contributed by atoms with Gasteiger partial charge in [-0.05, 0) is 0 Å². The molecule has 0 saturated carbocycles. The molecule has 0 aromatic carbocycles. The van der Waals surface area contributed by atoms with E-state index < -0.39 is 0 Å². The molecule has 1 atom stereocenters. The number of oxime groups is 1. The van der Waals surface area contributed by atoms with Crippen LogP contribution in [-0.2, 0) is 9.57 Å². The average Bonchev–Trinajstić information content (AvgIpc) is 2.50. The zero-order valence-electron chi connectivity index (χ0n) is 8.54. The van der Waals surface area contributed by atoms with Crippen LogP contribution in [0.4, 0.5) is 0 Å². The highest BCUT2D eigenvalue weighted by atomic mass is 16.7. The maximum atomic E-state index is 5.71. The topological polar surface area (TPSA) is 56.8 Å². The van der Waals surface area contributed by atoms with Gasteiger partial charge in [-0.2, -0.15) is 0 Å². The van der Waals surface area contributed by atoms with Gasteiger partial charge in [0.2, 0.25) is 0 Å². The zero-order chi connectivity index (χ0) is 9.90. The van der Waals surface area contributed by atoms with Gasteiger partial charge in [0.05, 0.1) is 13.2 Å². The van der Waals surface area contributed by atoms with E-state index in [0.717, 1.165) is 13.0 Å². The van der Waals surface area contributed by atoms with E-state index in [0.29, 0.717) is 12.4 Å². The minimum atomic E-state index is -0.126. The highest BCUT2D eigenvalue weighted by molar-refractivity contribution is 5.84. The molecule has 0 aromatic heterocycles. The van der Waals surface area contributed by atoms with Gasteiger partial charge in [0, 0.05) is 11.8 Å². The van der Waals surface area contributed by atoms with Crippen molar-refractivity contribution in [1.82, 2.24) is 0 Å². The third-order valence-electron chi connectivity index (χ3n) is 1.96. The van der Waals surface area contributed by atoms with Crippen LogP contribution in [0.5, 0.6) is 0 Å². The molecule has 13 heavy (non-hydrogen) atoms. The molecule has 0 amide bonds. The zero-order valence-corrected chi connectivity index (χ0v) is 8.54. The van der Waals surface area contributed by atoms with Crippen molar-refractivity contribution in [3.63, 3.8) is 0 Å². The number of hydrogen-bond donors (Lipinski definition) is 1. The fourth-order valence-corrected chi connectivity index (χ4v) is 0.864. The van der Waals surface area contributed by atoms with Crippen LogP contribution in [0.1, 0.15) is 27.2 Å². The Morgan fingerprint density at radius 1 is 1.54 bits per heavy atom. The fourth-order valence-electron chi connectivity index (χ4n) is 0.864. The second kappa shape index (κ2) is 3.96. The van der Waals surface area contributed by atoms with E-state index in [-0.39, 0.29) is 11.5 Å². The highest BCUT2D eigenvalue weighted by Gasteiger charge is 2.20. The number of rotatable bonds is 2. The largest absolute Gasteiger partial charge is 0.389 e. The molecular formula is C9H18N2O2. The quantitative estimate of drug-likeness (QED) is 0.399. The lowest BCUT2D eigenvalue weighted by Gasteiger charge is -2.17. The molecule has 4 nitrogen and oxygen atoms in total. The van der Waals surface area contributed by atoms with Gasteiger partial charge in [0.1, 0.15) is 5.84 Å². The van der Waals surface area contributed by atoms with E-state index >= 15 is 0 Å². The summed E-state index contributed by atoms with van der Waals surface area (Å²) in [7, 11) is 0. The Balaban J connectivity index is 2.38. The Kier molecular flexibility index (Phi) is 3.14. The first-order chi connectivity index (χ1) is 6.00. The molecule has 0 aliphatic carbocycles. The first kappa shape index (κ1) is 10.3. The summed E-state index contributed by atoms with van der Waals surface area (Å²) in [5.74, 6) is 0.527. The number of hydrogen-bond acceptors (Lipinski definition) is 3. The van der Waals surface area contributed by atoms with Crippen molar-refractivity contribution in [2.24, 2.45) is 16.3 Å². The number of nitrogens with two attached hydrogens (primary N) is 1. The van der Waals surface area contributed by atoms with Gasteiger partial charge in [0.25, 0.3) is 0 Å². The Morgan fingerprint density at radius 3 is 2.69 bits per heavy atom. The highest BCUT2D eigenvalue weighted by Crippen LogP contribution is 2.14. The molecule has 1 rings (SSSR count). The van der Waals surface area contributed by atoms with E-state index in [1.54, 1.807) is 0 Å². The van der Waals surface area contributed by atoms with Crippen molar-refractivity contribution in [3.8, 4) is 0 Å². The number of amidine groups is 1. The Labute approximate surface area is 79.1 Å². The Hall–Kier alpha value is -0.770. The van der Waals surface area contributed by atoms with E-state index in [2.05, 4.69) is 5.16 Å². The molecule has 1 saturated heterocycles. The SMILES string of the molecule is CC(C)(C)/C(N)=N/OC1CCOC1. The van der Waals surface area contributed by atoms with E-state index in [1.165, 1.54) is 0 Å². The standard InChI is InChI=1S/C9H18N2O2/c1-9(2,3)8(10)11-13-7-4-5-12-6-7/h7H,4-6H2,1-3H3,(H2,10,11). The predicted octanol–water partition coefficient (Wildman–Crippen LogP) is 1.11. The van der Waals surface area contributed by atoms with Crippen LogP contribution < -0.4 is 5.73 Å². The van der Waals surface area contributed by atoms with Gasteiger partial charge >= 0.3 is 0 Å². The maximum Gasteiger partial charge on any atom is 0.153 e. The molecule has 0 aromatic rings. The van der Waals surface area contributed by atoms with Crippen LogP contribution in [0.25, 0.3) is 0 Å². The van der Waals surface area contributed by atoms with Gasteiger partial charge in [0.15, 0.2) is 6.10 Å². The molecule has 2 N–H and O–H groups in total. The number of ether oxygens (including phenoxy) is 1. The molecule has 1 aliphatic rings. The van der Waals surface area contributed by atoms with Crippen molar-refractivity contribution >= 4 is 5.84 Å². The molecule has 0 radical (unpaired) electrons. The van der Waals surface area contributed by atoms with Gasteiger partial charge in [-0.25, -0.2) is 0 Å². The summed E-state index contributed by atoms with van der Waals surface area (Å²) in [5.41, 5.74) is 5.59. The summed E-state index contributed by atoms with van der Waals surface area (Å²) >= 11 is 0. The van der Waals surface area contributed by atoms with Gasteiger partial charge < -0.3 is 15.3 Å². The average molecular weight is 186 g/mol. The minimum absolute atomic E-state index is 0.0842. The predicted molar refractivity (Wildman–Crippen MR) is 51.4 cm³/mol. The lowest BCUT2D eigenvalue weighted by atomic mass is 9.96. The molecule has 1 fully saturated rings. The minimum Gasteiger partial charge on any atom is -0.389 e. The second-order valence-corrected chi connectivity index (χ2v) is 4.32. The molecule has 1 aliphatic heterocycles. The van der Waals surface area contributed by atoms with Gasteiger partial charge in [-0.15, -0.1) is 0 Å². The molecule has 0 spiro atoms. The second-order valence-electron chi connectivity index (χ2n) is 4.32. The van der Waals surface area contributed by atoms with Gasteiger partial charge in [-0.1, -0.05) is 25.9 Å². The van der Waals surface area contributed by atoms with Gasteiger partial charge in [-0.3, -0.25) is 0 Å². The Morgan fingerprint density at radius 2 is 2.23 bits per heavy atom. The fraction of sp³-hybridized carbons (Fsp3) is 0.889. The number of nitrogens with zero attached hydrogens (tertiary/aromatic N) is 1. The molecule has 1 heterocycles. The maximum absolute atomic E-state index is 5.71. The third-order valence-corrected chi connectivity index (χ3v) is 1.96. The van der Waals surface area contributed by atoms with Crippen molar-refractivity contribution in [2.45, 2.75) is 33.3 Å². The van der Waals surface area contributed by atoms with E-state index in [1.807, 2.05) is 20.8 Å². The normalized spacial score (nSPS) is 24.8. The molecule has 0 bridgehead atoms. The van der Waals surface area contributed by atoms with E-state index in [4.69, 9.17) is 15.3 Å². The lowest BCUT2D eigenvalue weighted by molar-refractivity contribution is 0.0457. The van der Waals surface area contributed by atoms with E-state index in [9.17, 15) is 0 Å². The summed E-state index contributed by atoms with van der Waals surface area (Å²) in [6, 6.07) is 0. The lowest BCUT2D eigenvalue weighted by Crippen LogP contribution is -2.29. The molecule has 4 heteroatoms. The summed E-state index contributed by atoms with van der Waals surface area (Å²) in [4.78, 5) is 5.23. The summed E-state index contributed by atoms with van der Waals surface area (Å²) in [5, 5.41) is 3.89. The van der Waals surface area contributed by atoms with Crippen LogP contribution in [0, 0.1) is 5.41 Å². The first-order valence-corrected chi connectivity index (χ1v) is 4.57. The smallest absolute Gasteiger partial charge is 0.153 e. The van der Waals surface area contributed by atoms with Crippen molar-refractivity contribution in [2.75, 3.05) is 13.2 Å². The molecule has 1 unspecified atom stereocenters. The monoisotopic (exact) mass is 186 g/mol. The van der Waals surface area contributed by atoms with Crippen LogP contribution in [0.2, 0.25) is 0 Å². The molecule has 76 valence electrons. The Bertz CT molecular complexity index is 190. The summed E-state index contributed by atoms with van der Waals surface area (Å²) in [6.45, 7) is 7.39. The van der Waals surface area contributed by atoms with Crippen LogP contribution in [0.15, 0.2) is 5.16 Å². The first-order valence-electron chi connectivity index (χ1n) is 4.57. The van der Waals surface area contributed by atoms with Crippen LogP contribution in [-0.4, -0.2) is 25.2 Å². The van der Waals surface area contributed by atoms with Crippen LogP contribution >= 0.6 is 0 Å². The van der Waals surface area contributed by atoms with Crippen molar-refractivity contribution in [3.05, 3.63) is 0 Å². The summed E-state index contributed by atoms with van der Waals surface area (Å²) in [6.07, 6.45) is 0.988. The third kappa shape index (κ3) is 3.22. The van der Waals surface area contributed by atoms with Crippen LogP contribution in [0.3, 0.4) is 0 Å². The van der Waals surface area contributed by atoms with Crippen molar-refractivity contribution < 1.29 is 9.57 Å². The van der Waals surface area contributed by atoms with Crippen molar-refractivity contribution in [1.29, 1.82) is 0 Å².